The number of halogens is 1. The fourth-order valence-corrected chi connectivity index (χ4v) is 3.86. The van der Waals surface area contributed by atoms with Crippen molar-refractivity contribution in [2.75, 3.05) is 19.4 Å². The molecule has 0 amide bonds. The molecule has 1 heterocycles. The predicted molar refractivity (Wildman–Crippen MR) is 82.7 cm³/mol. The van der Waals surface area contributed by atoms with Crippen molar-refractivity contribution in [3.8, 4) is 0 Å². The molecule has 1 unspecified atom stereocenters. The van der Waals surface area contributed by atoms with Gasteiger partial charge in [-0.15, -0.1) is 0 Å². The van der Waals surface area contributed by atoms with Crippen molar-refractivity contribution in [3.63, 3.8) is 0 Å². The SMILES string of the molecule is COC(=O)c1ccc(CNCC2CCCS2)c(Br)c1. The van der Waals surface area contributed by atoms with Crippen LogP contribution in [-0.4, -0.2) is 30.6 Å². The van der Waals surface area contributed by atoms with Crippen molar-refractivity contribution in [1.29, 1.82) is 0 Å². The molecule has 0 radical (unpaired) electrons. The first-order valence-corrected chi connectivity index (χ1v) is 8.24. The normalized spacial score (nSPS) is 18.5. The highest BCUT2D eigenvalue weighted by Gasteiger charge is 2.15. The van der Waals surface area contributed by atoms with Crippen molar-refractivity contribution in [2.24, 2.45) is 0 Å². The van der Waals surface area contributed by atoms with Gasteiger partial charge in [-0.25, -0.2) is 4.79 Å². The number of hydrogen-bond donors (Lipinski definition) is 1. The van der Waals surface area contributed by atoms with Crippen LogP contribution in [0.5, 0.6) is 0 Å². The van der Waals surface area contributed by atoms with Crippen molar-refractivity contribution in [3.05, 3.63) is 33.8 Å². The summed E-state index contributed by atoms with van der Waals surface area (Å²) in [6.07, 6.45) is 2.66. The molecule has 1 saturated heterocycles. The van der Waals surface area contributed by atoms with Crippen LogP contribution < -0.4 is 5.32 Å². The molecule has 104 valence electrons. The Labute approximate surface area is 126 Å². The Morgan fingerprint density at radius 1 is 1.58 bits per heavy atom. The maximum Gasteiger partial charge on any atom is 0.337 e. The summed E-state index contributed by atoms with van der Waals surface area (Å²) in [6, 6.07) is 5.58. The van der Waals surface area contributed by atoms with Gasteiger partial charge in [0.1, 0.15) is 0 Å². The Morgan fingerprint density at radius 2 is 2.42 bits per heavy atom. The molecule has 0 aromatic heterocycles. The number of methoxy groups -OCH3 is 1. The summed E-state index contributed by atoms with van der Waals surface area (Å²) < 4.78 is 5.65. The maximum atomic E-state index is 11.4. The summed E-state index contributed by atoms with van der Waals surface area (Å²) in [5.41, 5.74) is 1.74. The number of benzene rings is 1. The van der Waals surface area contributed by atoms with E-state index in [4.69, 9.17) is 4.74 Å². The molecular formula is C14H18BrNO2S. The minimum absolute atomic E-state index is 0.303. The Morgan fingerprint density at radius 3 is 3.05 bits per heavy atom. The molecular weight excluding hydrogens is 326 g/mol. The van der Waals surface area contributed by atoms with Crippen LogP contribution in [0, 0.1) is 0 Å². The van der Waals surface area contributed by atoms with Crippen LogP contribution in [0.3, 0.4) is 0 Å². The molecule has 1 N–H and O–H groups in total. The lowest BCUT2D eigenvalue weighted by Crippen LogP contribution is -2.22. The van der Waals surface area contributed by atoms with Crippen molar-refractivity contribution in [1.82, 2.24) is 5.32 Å². The second kappa shape index (κ2) is 7.31. The lowest BCUT2D eigenvalue weighted by molar-refractivity contribution is 0.0600. The second-order valence-electron chi connectivity index (χ2n) is 4.56. The van der Waals surface area contributed by atoms with Gasteiger partial charge in [-0.2, -0.15) is 11.8 Å². The van der Waals surface area contributed by atoms with Crippen LogP contribution in [-0.2, 0) is 11.3 Å². The summed E-state index contributed by atoms with van der Waals surface area (Å²) in [6.45, 7) is 1.87. The largest absolute Gasteiger partial charge is 0.465 e. The molecule has 1 atom stereocenters. The minimum Gasteiger partial charge on any atom is -0.465 e. The fraction of sp³-hybridized carbons (Fsp3) is 0.500. The number of hydrogen-bond acceptors (Lipinski definition) is 4. The van der Waals surface area contributed by atoms with Crippen LogP contribution >= 0.6 is 27.7 Å². The monoisotopic (exact) mass is 343 g/mol. The molecule has 1 aromatic carbocycles. The van der Waals surface area contributed by atoms with E-state index in [2.05, 4.69) is 33.0 Å². The quantitative estimate of drug-likeness (QED) is 0.833. The van der Waals surface area contributed by atoms with E-state index in [0.717, 1.165) is 28.4 Å². The lowest BCUT2D eigenvalue weighted by atomic mass is 10.1. The van der Waals surface area contributed by atoms with E-state index in [0.29, 0.717) is 5.56 Å². The van der Waals surface area contributed by atoms with E-state index in [1.54, 1.807) is 6.07 Å². The van der Waals surface area contributed by atoms with Crippen LogP contribution in [0.2, 0.25) is 0 Å². The zero-order valence-electron chi connectivity index (χ0n) is 10.9. The second-order valence-corrected chi connectivity index (χ2v) is 6.83. The number of carbonyl (C=O) groups excluding carboxylic acids is 1. The zero-order valence-corrected chi connectivity index (χ0v) is 13.4. The van der Waals surface area contributed by atoms with Crippen molar-refractivity contribution >= 4 is 33.7 Å². The summed E-state index contributed by atoms with van der Waals surface area (Å²) in [4.78, 5) is 11.4. The highest BCUT2D eigenvalue weighted by atomic mass is 79.9. The van der Waals surface area contributed by atoms with Crippen LogP contribution in [0.15, 0.2) is 22.7 Å². The number of esters is 1. The fourth-order valence-electron chi connectivity index (χ4n) is 2.11. The maximum absolute atomic E-state index is 11.4. The molecule has 2 rings (SSSR count). The highest BCUT2D eigenvalue weighted by Crippen LogP contribution is 2.25. The van der Waals surface area contributed by atoms with Gasteiger partial charge in [0.25, 0.3) is 0 Å². The van der Waals surface area contributed by atoms with Crippen LogP contribution in [0.1, 0.15) is 28.8 Å². The third-order valence-electron chi connectivity index (χ3n) is 3.19. The van der Waals surface area contributed by atoms with E-state index < -0.39 is 0 Å². The first kappa shape index (κ1) is 14.9. The van der Waals surface area contributed by atoms with Crippen molar-refractivity contribution in [2.45, 2.75) is 24.6 Å². The Balaban J connectivity index is 1.87. The molecule has 19 heavy (non-hydrogen) atoms. The highest BCUT2D eigenvalue weighted by molar-refractivity contribution is 9.10. The smallest absolute Gasteiger partial charge is 0.337 e. The van der Waals surface area contributed by atoms with Gasteiger partial charge in [0.05, 0.1) is 12.7 Å². The molecule has 0 aliphatic carbocycles. The average Bonchev–Trinajstić information content (AvgIpc) is 2.93. The lowest BCUT2D eigenvalue weighted by Gasteiger charge is -2.11. The minimum atomic E-state index is -0.303. The van der Waals surface area contributed by atoms with Crippen molar-refractivity contribution < 1.29 is 9.53 Å². The van der Waals surface area contributed by atoms with Crippen LogP contribution in [0.25, 0.3) is 0 Å². The topological polar surface area (TPSA) is 38.3 Å². The molecule has 1 fully saturated rings. The van der Waals surface area contributed by atoms with Gasteiger partial charge in [-0.3, -0.25) is 0 Å². The Bertz CT molecular complexity index is 447. The molecule has 3 nitrogen and oxygen atoms in total. The zero-order chi connectivity index (χ0) is 13.7. The van der Waals surface area contributed by atoms with Gasteiger partial charge in [0, 0.05) is 22.8 Å². The summed E-state index contributed by atoms with van der Waals surface area (Å²) in [7, 11) is 1.39. The van der Waals surface area contributed by atoms with E-state index in [1.807, 2.05) is 12.1 Å². The van der Waals surface area contributed by atoms with Gasteiger partial charge in [0.2, 0.25) is 0 Å². The summed E-state index contributed by atoms with van der Waals surface area (Å²) >= 11 is 5.56. The standard InChI is InChI=1S/C14H18BrNO2S/c1-18-14(17)10-4-5-11(13(15)7-10)8-16-9-12-3-2-6-19-12/h4-5,7,12,16H,2-3,6,8-9H2,1H3. The number of carbonyl (C=O) groups is 1. The van der Waals surface area contributed by atoms with Gasteiger partial charge < -0.3 is 10.1 Å². The molecule has 5 heteroatoms. The Hall–Kier alpha value is -0.520. The third-order valence-corrected chi connectivity index (χ3v) is 5.32. The molecule has 1 aromatic rings. The van der Waals surface area contributed by atoms with Crippen LogP contribution in [0.4, 0.5) is 0 Å². The molecule has 0 spiro atoms. The predicted octanol–water partition coefficient (Wildman–Crippen LogP) is 3.22. The molecule has 0 saturated carbocycles. The molecule has 0 bridgehead atoms. The summed E-state index contributed by atoms with van der Waals surface area (Å²) in [5.74, 6) is 0.992. The first-order chi connectivity index (χ1) is 9.20. The van der Waals surface area contributed by atoms with E-state index in [9.17, 15) is 4.79 Å². The Kier molecular flexibility index (Phi) is 5.73. The van der Waals surface area contributed by atoms with Gasteiger partial charge >= 0.3 is 5.97 Å². The number of rotatable bonds is 5. The number of ether oxygens (including phenoxy) is 1. The van der Waals surface area contributed by atoms with E-state index >= 15 is 0 Å². The third kappa shape index (κ3) is 4.23. The van der Waals surface area contributed by atoms with Gasteiger partial charge in [0.15, 0.2) is 0 Å². The number of nitrogens with one attached hydrogen (secondary N) is 1. The first-order valence-electron chi connectivity index (χ1n) is 6.40. The molecule has 1 aliphatic rings. The van der Waals surface area contributed by atoms with Gasteiger partial charge in [-0.05, 0) is 36.3 Å². The summed E-state index contributed by atoms with van der Waals surface area (Å²) in [5, 5.41) is 4.24. The number of thioether (sulfide) groups is 1. The molecule has 1 aliphatic heterocycles. The average molecular weight is 344 g/mol. The van der Waals surface area contributed by atoms with E-state index in [-0.39, 0.29) is 5.97 Å². The van der Waals surface area contributed by atoms with E-state index in [1.165, 1.54) is 25.7 Å². The van der Waals surface area contributed by atoms with Gasteiger partial charge in [-0.1, -0.05) is 22.0 Å².